The van der Waals surface area contributed by atoms with E-state index in [0.29, 0.717) is 17.9 Å². The largest absolute Gasteiger partial charge is 0.477 e. The van der Waals surface area contributed by atoms with E-state index in [4.69, 9.17) is 4.74 Å². The monoisotopic (exact) mass is 295 g/mol. The summed E-state index contributed by atoms with van der Waals surface area (Å²) in [7, 11) is 0. The predicted octanol–water partition coefficient (Wildman–Crippen LogP) is 2.97. The number of amides is 1. The number of alkyl halides is 2. The number of nitrogens with one attached hydrogen (secondary N) is 1. The SMILES string of the molecule is CCCNC(=O)C1=CC(CF)(CF)Oc2ccc(C)cc21. The van der Waals surface area contributed by atoms with Gasteiger partial charge in [-0.1, -0.05) is 18.6 Å². The fourth-order valence-electron chi connectivity index (χ4n) is 2.22. The minimum atomic E-state index is -1.71. The van der Waals surface area contributed by atoms with Gasteiger partial charge in [0, 0.05) is 12.1 Å². The van der Waals surface area contributed by atoms with Gasteiger partial charge in [-0.25, -0.2) is 8.78 Å². The van der Waals surface area contributed by atoms with Crippen LogP contribution in [0, 0.1) is 6.92 Å². The van der Waals surface area contributed by atoms with Crippen molar-refractivity contribution in [1.29, 1.82) is 0 Å². The van der Waals surface area contributed by atoms with Crippen LogP contribution in [0.3, 0.4) is 0 Å². The lowest BCUT2D eigenvalue weighted by atomic mass is 9.92. The number of hydrogen-bond acceptors (Lipinski definition) is 2. The summed E-state index contributed by atoms with van der Waals surface area (Å²) in [6.07, 6.45) is 2.05. The lowest BCUT2D eigenvalue weighted by Crippen LogP contribution is -2.42. The van der Waals surface area contributed by atoms with E-state index in [1.54, 1.807) is 18.2 Å². The third-order valence-electron chi connectivity index (χ3n) is 3.38. The lowest BCUT2D eigenvalue weighted by Gasteiger charge is -2.32. The molecule has 0 saturated heterocycles. The standard InChI is InChI=1S/C16H19F2NO2/c1-3-6-19-15(20)13-8-16(9-17,10-18)21-14-5-4-11(2)7-12(13)14/h4-5,7-8H,3,6,9-10H2,1-2H3,(H,19,20). The van der Waals surface area contributed by atoms with E-state index in [1.807, 2.05) is 13.8 Å². The van der Waals surface area contributed by atoms with Crippen LogP contribution in [0.25, 0.3) is 5.57 Å². The average molecular weight is 295 g/mol. The summed E-state index contributed by atoms with van der Waals surface area (Å²) in [4.78, 5) is 12.3. The van der Waals surface area contributed by atoms with Gasteiger partial charge in [0.2, 0.25) is 0 Å². The van der Waals surface area contributed by atoms with Gasteiger partial charge in [-0.3, -0.25) is 4.79 Å². The molecule has 0 saturated carbocycles. The third-order valence-corrected chi connectivity index (χ3v) is 3.38. The predicted molar refractivity (Wildman–Crippen MR) is 77.8 cm³/mol. The van der Waals surface area contributed by atoms with E-state index in [1.165, 1.54) is 6.08 Å². The Hall–Kier alpha value is -1.91. The van der Waals surface area contributed by atoms with Crippen molar-refractivity contribution in [2.45, 2.75) is 25.9 Å². The molecule has 0 unspecified atom stereocenters. The summed E-state index contributed by atoms with van der Waals surface area (Å²) >= 11 is 0. The molecule has 1 aromatic carbocycles. The Bertz CT molecular complexity index is 565. The van der Waals surface area contributed by atoms with E-state index < -0.39 is 19.0 Å². The van der Waals surface area contributed by atoms with Crippen LogP contribution in [0.2, 0.25) is 0 Å². The first kappa shape index (κ1) is 15.5. The Balaban J connectivity index is 2.48. The molecule has 2 rings (SSSR count). The molecule has 1 heterocycles. The van der Waals surface area contributed by atoms with Crippen LogP contribution >= 0.6 is 0 Å². The maximum absolute atomic E-state index is 13.3. The van der Waals surface area contributed by atoms with Gasteiger partial charge in [0.1, 0.15) is 19.1 Å². The van der Waals surface area contributed by atoms with Crippen molar-refractivity contribution < 1.29 is 18.3 Å². The number of hydrogen-bond donors (Lipinski definition) is 1. The molecule has 0 aromatic heterocycles. The molecule has 0 aliphatic carbocycles. The zero-order chi connectivity index (χ0) is 15.5. The molecule has 0 fully saturated rings. The summed E-state index contributed by atoms with van der Waals surface area (Å²) in [5, 5.41) is 2.74. The number of carbonyl (C=O) groups excluding carboxylic acids is 1. The molecule has 0 radical (unpaired) electrons. The first-order valence-corrected chi connectivity index (χ1v) is 6.98. The van der Waals surface area contributed by atoms with Gasteiger partial charge in [0.25, 0.3) is 5.91 Å². The van der Waals surface area contributed by atoms with Crippen LogP contribution < -0.4 is 10.1 Å². The van der Waals surface area contributed by atoms with Crippen LogP contribution in [-0.2, 0) is 4.79 Å². The normalized spacial score (nSPS) is 15.7. The first-order valence-electron chi connectivity index (χ1n) is 6.98. The van der Waals surface area contributed by atoms with E-state index >= 15 is 0 Å². The fourth-order valence-corrected chi connectivity index (χ4v) is 2.22. The molecule has 1 aliphatic heterocycles. The molecule has 114 valence electrons. The molecule has 0 atom stereocenters. The maximum atomic E-state index is 13.3. The van der Waals surface area contributed by atoms with Crippen LogP contribution in [0.4, 0.5) is 8.78 Å². The zero-order valence-electron chi connectivity index (χ0n) is 12.2. The Kier molecular flexibility index (Phi) is 4.60. The number of benzene rings is 1. The number of fused-ring (bicyclic) bond motifs is 1. The van der Waals surface area contributed by atoms with E-state index in [9.17, 15) is 13.6 Å². The molecule has 0 bridgehead atoms. The Morgan fingerprint density at radius 2 is 2.05 bits per heavy atom. The summed E-state index contributed by atoms with van der Waals surface area (Å²) in [6, 6.07) is 5.21. The number of halogens is 2. The highest BCUT2D eigenvalue weighted by atomic mass is 19.1. The lowest BCUT2D eigenvalue weighted by molar-refractivity contribution is -0.115. The maximum Gasteiger partial charge on any atom is 0.251 e. The average Bonchev–Trinajstić information content (AvgIpc) is 2.51. The van der Waals surface area contributed by atoms with Gasteiger partial charge in [-0.2, -0.15) is 0 Å². The zero-order valence-corrected chi connectivity index (χ0v) is 12.2. The molecule has 1 aromatic rings. The van der Waals surface area contributed by atoms with Crippen molar-refractivity contribution in [2.24, 2.45) is 0 Å². The molecule has 21 heavy (non-hydrogen) atoms. The molecular weight excluding hydrogens is 276 g/mol. The van der Waals surface area contributed by atoms with Gasteiger partial charge in [-0.05, 0) is 31.6 Å². The summed E-state index contributed by atoms with van der Waals surface area (Å²) in [5.74, 6) is -0.00155. The van der Waals surface area contributed by atoms with Crippen LogP contribution in [-0.4, -0.2) is 31.4 Å². The minimum absolute atomic E-state index is 0.267. The highest BCUT2D eigenvalue weighted by Crippen LogP contribution is 2.37. The summed E-state index contributed by atoms with van der Waals surface area (Å²) in [5.41, 5.74) is 0.0746. The third kappa shape index (κ3) is 3.06. The van der Waals surface area contributed by atoms with Crippen molar-refractivity contribution in [3.8, 4) is 5.75 Å². The number of aryl methyl sites for hydroxylation is 1. The van der Waals surface area contributed by atoms with Gasteiger partial charge in [0.05, 0.1) is 5.57 Å². The molecule has 1 aliphatic rings. The van der Waals surface area contributed by atoms with E-state index in [2.05, 4.69) is 5.32 Å². The first-order chi connectivity index (χ1) is 10.0. The van der Waals surface area contributed by atoms with Crippen molar-refractivity contribution in [3.05, 3.63) is 35.4 Å². The second kappa shape index (κ2) is 6.24. The van der Waals surface area contributed by atoms with E-state index in [0.717, 1.165) is 12.0 Å². The number of ether oxygens (including phenoxy) is 1. The van der Waals surface area contributed by atoms with Gasteiger partial charge in [-0.15, -0.1) is 0 Å². The minimum Gasteiger partial charge on any atom is -0.477 e. The Labute approximate surface area is 123 Å². The van der Waals surface area contributed by atoms with Crippen LogP contribution in [0.1, 0.15) is 24.5 Å². The second-order valence-corrected chi connectivity index (χ2v) is 5.25. The topological polar surface area (TPSA) is 38.3 Å². The molecule has 3 nitrogen and oxygen atoms in total. The van der Waals surface area contributed by atoms with E-state index in [-0.39, 0.29) is 11.5 Å². The molecular formula is C16H19F2NO2. The van der Waals surface area contributed by atoms with Gasteiger partial charge >= 0.3 is 0 Å². The Morgan fingerprint density at radius 3 is 2.67 bits per heavy atom. The number of carbonyl (C=O) groups is 1. The smallest absolute Gasteiger partial charge is 0.251 e. The highest BCUT2D eigenvalue weighted by Gasteiger charge is 2.37. The molecule has 1 amide bonds. The Morgan fingerprint density at radius 1 is 1.33 bits per heavy atom. The van der Waals surface area contributed by atoms with Crippen molar-refractivity contribution in [1.82, 2.24) is 5.32 Å². The van der Waals surface area contributed by atoms with Crippen molar-refractivity contribution >= 4 is 11.5 Å². The molecule has 5 heteroatoms. The van der Waals surface area contributed by atoms with Crippen LogP contribution in [0.15, 0.2) is 24.3 Å². The van der Waals surface area contributed by atoms with Gasteiger partial charge < -0.3 is 10.1 Å². The highest BCUT2D eigenvalue weighted by molar-refractivity contribution is 6.20. The summed E-state index contributed by atoms with van der Waals surface area (Å²) in [6.45, 7) is 2.28. The van der Waals surface area contributed by atoms with Crippen molar-refractivity contribution in [2.75, 3.05) is 19.9 Å². The van der Waals surface area contributed by atoms with Gasteiger partial charge in [0.15, 0.2) is 5.60 Å². The fraction of sp³-hybridized carbons (Fsp3) is 0.438. The van der Waals surface area contributed by atoms with Crippen LogP contribution in [0.5, 0.6) is 5.75 Å². The van der Waals surface area contributed by atoms with Crippen molar-refractivity contribution in [3.63, 3.8) is 0 Å². The summed E-state index contributed by atoms with van der Waals surface area (Å²) < 4.78 is 32.0. The second-order valence-electron chi connectivity index (χ2n) is 5.25. The molecule has 1 N–H and O–H groups in total. The molecule has 0 spiro atoms. The quantitative estimate of drug-likeness (QED) is 0.907. The number of rotatable bonds is 5.